The van der Waals surface area contributed by atoms with Crippen LogP contribution < -0.4 is 11.1 Å². The fourth-order valence-corrected chi connectivity index (χ4v) is 4.75. The number of hydrogen-bond donors (Lipinski definition) is 3. The fraction of sp³-hybridized carbons (Fsp3) is 0.167. The monoisotopic (exact) mass is 455 g/mol. The van der Waals surface area contributed by atoms with Crippen molar-refractivity contribution in [1.82, 2.24) is 14.5 Å². The van der Waals surface area contributed by atoms with Gasteiger partial charge in [0.15, 0.2) is 0 Å². The number of primary amides is 1. The number of alkyl halides is 3. The number of thiophene rings is 1. The van der Waals surface area contributed by atoms with Crippen molar-refractivity contribution < 1.29 is 22.8 Å². The second kappa shape index (κ2) is 8.90. The second-order valence-electron chi connectivity index (χ2n) is 6.17. The molecule has 0 saturated heterocycles. The molecule has 0 aliphatic rings. The molecule has 3 aromatic rings. The lowest BCUT2D eigenvalue weighted by atomic mass is 10.1. The van der Waals surface area contributed by atoms with Crippen LogP contribution in [0.4, 0.5) is 18.2 Å². The number of carbonyl (C=O) groups excluding carboxylic acids is 2. The molecule has 0 bridgehead atoms. The van der Waals surface area contributed by atoms with Crippen molar-refractivity contribution in [3.8, 4) is 0 Å². The van der Waals surface area contributed by atoms with Gasteiger partial charge in [-0.1, -0.05) is 12.1 Å². The van der Waals surface area contributed by atoms with Crippen LogP contribution in [0, 0.1) is 0 Å². The van der Waals surface area contributed by atoms with Gasteiger partial charge in [0.05, 0.1) is 15.3 Å². The van der Waals surface area contributed by atoms with Crippen LogP contribution in [0.5, 0.6) is 0 Å². The summed E-state index contributed by atoms with van der Waals surface area (Å²) in [6.45, 7) is 0.364. The zero-order valence-electron chi connectivity index (χ0n) is 15.5. The summed E-state index contributed by atoms with van der Waals surface area (Å²) in [7, 11) is 1.76. The average Bonchev–Trinajstić information content (AvgIpc) is 3.31. The van der Waals surface area contributed by atoms with Crippen LogP contribution in [0.15, 0.2) is 46.8 Å². The number of nitrogens with two attached hydrogens (primary N) is 1. The Balaban J connectivity index is 1.68. The molecule has 7 nitrogen and oxygen atoms in total. The molecule has 158 valence electrons. The quantitative estimate of drug-likeness (QED) is 0.468. The molecule has 2 amide bonds. The Bertz CT molecular complexity index is 1030. The van der Waals surface area contributed by atoms with Crippen LogP contribution in [-0.2, 0) is 12.7 Å². The first-order chi connectivity index (χ1) is 14.1. The zero-order valence-corrected chi connectivity index (χ0v) is 17.1. The molecule has 4 N–H and O–H groups in total. The summed E-state index contributed by atoms with van der Waals surface area (Å²) in [6.07, 6.45) is -2.95. The fourth-order valence-electron chi connectivity index (χ4n) is 2.48. The third-order valence-electron chi connectivity index (χ3n) is 3.88. The molecule has 30 heavy (non-hydrogen) atoms. The van der Waals surface area contributed by atoms with Crippen LogP contribution in [0.2, 0.25) is 0 Å². The summed E-state index contributed by atoms with van der Waals surface area (Å²) in [4.78, 5) is 23.9. The maximum Gasteiger partial charge on any atom is 0.416 e. The highest BCUT2D eigenvalue weighted by molar-refractivity contribution is 7.99. The Morgan fingerprint density at radius 3 is 2.53 bits per heavy atom. The van der Waals surface area contributed by atoms with Gasteiger partial charge in [0.2, 0.25) is 0 Å². The van der Waals surface area contributed by atoms with Crippen molar-refractivity contribution in [2.45, 2.75) is 16.9 Å². The highest BCUT2D eigenvalue weighted by Crippen LogP contribution is 2.37. The van der Waals surface area contributed by atoms with Gasteiger partial charge in [-0.15, -0.1) is 11.3 Å². The molecule has 3 rings (SSSR count). The number of rotatable bonds is 7. The van der Waals surface area contributed by atoms with Gasteiger partial charge in [0, 0.05) is 12.7 Å². The minimum Gasteiger partial charge on any atom is -0.366 e. The van der Waals surface area contributed by atoms with Gasteiger partial charge < -0.3 is 11.1 Å². The normalized spacial score (nSPS) is 11.6. The first-order valence-electron chi connectivity index (χ1n) is 8.43. The van der Waals surface area contributed by atoms with Crippen molar-refractivity contribution >= 4 is 40.1 Å². The third kappa shape index (κ3) is 5.40. The number of anilines is 1. The van der Waals surface area contributed by atoms with Crippen LogP contribution in [0.25, 0.3) is 0 Å². The Kier molecular flexibility index (Phi) is 6.48. The number of nitrogens with one attached hydrogen (secondary N) is 2. The molecular formula is C18H16F3N5O2S2. The van der Waals surface area contributed by atoms with E-state index in [0.717, 1.165) is 23.5 Å². The molecule has 1 aromatic carbocycles. The molecule has 0 unspecified atom stereocenters. The smallest absolute Gasteiger partial charge is 0.366 e. The maximum absolute atomic E-state index is 12.7. The molecule has 0 spiro atoms. The van der Waals surface area contributed by atoms with Crippen molar-refractivity contribution in [2.24, 2.45) is 5.73 Å². The predicted molar refractivity (Wildman–Crippen MR) is 108 cm³/mol. The Morgan fingerprint density at radius 2 is 1.97 bits per heavy atom. The van der Waals surface area contributed by atoms with E-state index in [4.69, 9.17) is 5.73 Å². The Morgan fingerprint density at radius 1 is 1.27 bits per heavy atom. The minimum absolute atomic E-state index is 0.165. The lowest BCUT2D eigenvalue weighted by Crippen LogP contribution is -2.16. The van der Waals surface area contributed by atoms with Gasteiger partial charge in [-0.2, -0.15) is 18.3 Å². The number of amides is 2. The van der Waals surface area contributed by atoms with E-state index in [1.54, 1.807) is 17.4 Å². The summed E-state index contributed by atoms with van der Waals surface area (Å²) >= 11 is 2.44. The zero-order chi connectivity index (χ0) is 21.9. The van der Waals surface area contributed by atoms with Crippen molar-refractivity contribution in [1.29, 1.82) is 0 Å². The summed E-state index contributed by atoms with van der Waals surface area (Å²) in [5, 5.41) is 9.15. The number of halogens is 3. The van der Waals surface area contributed by atoms with E-state index in [1.165, 1.54) is 36.3 Å². The molecule has 0 aliphatic carbocycles. The number of carbonyl (C=O) groups is 2. The van der Waals surface area contributed by atoms with E-state index in [0.29, 0.717) is 21.3 Å². The van der Waals surface area contributed by atoms with E-state index in [-0.39, 0.29) is 11.3 Å². The van der Waals surface area contributed by atoms with Gasteiger partial charge in [-0.3, -0.25) is 14.7 Å². The summed E-state index contributed by atoms with van der Waals surface area (Å²) in [5.74, 6) is -1.16. The Labute approximate surface area is 177 Å². The standard InChI is InChI=1S/C18H16F3N5O2S2/c1-26(9-10-2-4-11(5-3-10)18(19,20)21)30-14-8-12(15(22)27)17(29-14)24-16(28)13-6-7-23-25-13/h2-8H,9H2,1H3,(H2,22,27)(H,23,25)(H,24,28). The van der Waals surface area contributed by atoms with Crippen LogP contribution in [0.1, 0.15) is 32.0 Å². The molecule has 0 radical (unpaired) electrons. The minimum atomic E-state index is -4.38. The predicted octanol–water partition coefficient (Wildman–Crippen LogP) is 3.98. The van der Waals surface area contributed by atoms with Gasteiger partial charge in [0.1, 0.15) is 10.7 Å². The SMILES string of the molecule is CN(Cc1ccc(C(F)(F)F)cc1)Sc1cc(C(N)=O)c(NC(=O)c2ccn[nH]2)s1. The van der Waals surface area contributed by atoms with Crippen molar-refractivity contribution in [3.05, 3.63) is 65.0 Å². The highest BCUT2D eigenvalue weighted by Gasteiger charge is 2.30. The molecule has 2 heterocycles. The lowest BCUT2D eigenvalue weighted by molar-refractivity contribution is -0.137. The van der Waals surface area contributed by atoms with Crippen molar-refractivity contribution in [3.63, 3.8) is 0 Å². The average molecular weight is 455 g/mol. The number of aromatic nitrogens is 2. The van der Waals surface area contributed by atoms with Crippen molar-refractivity contribution in [2.75, 3.05) is 12.4 Å². The summed E-state index contributed by atoms with van der Waals surface area (Å²) in [5.41, 5.74) is 5.79. The maximum atomic E-state index is 12.7. The molecule has 2 aromatic heterocycles. The van der Waals surface area contributed by atoms with E-state index in [1.807, 2.05) is 0 Å². The van der Waals surface area contributed by atoms with Crippen LogP contribution >= 0.6 is 23.3 Å². The summed E-state index contributed by atoms with van der Waals surface area (Å²) < 4.78 is 40.5. The van der Waals surface area contributed by atoms with E-state index in [9.17, 15) is 22.8 Å². The molecule has 0 saturated carbocycles. The lowest BCUT2D eigenvalue weighted by Gasteiger charge is -2.15. The molecule has 0 fully saturated rings. The third-order valence-corrected chi connectivity index (χ3v) is 5.94. The Hall–Kier alpha value is -2.83. The number of nitrogens with zero attached hydrogens (tertiary/aromatic N) is 2. The van der Waals surface area contributed by atoms with E-state index < -0.39 is 23.6 Å². The first kappa shape index (κ1) is 21.9. The van der Waals surface area contributed by atoms with Gasteiger partial charge >= 0.3 is 6.18 Å². The number of benzene rings is 1. The number of aromatic amines is 1. The summed E-state index contributed by atoms with van der Waals surface area (Å²) in [6, 6.07) is 7.95. The van der Waals surface area contributed by atoms with E-state index >= 15 is 0 Å². The molecule has 0 atom stereocenters. The molecule has 12 heteroatoms. The van der Waals surface area contributed by atoms with Crippen LogP contribution in [0.3, 0.4) is 0 Å². The number of H-pyrrole nitrogens is 1. The van der Waals surface area contributed by atoms with Gasteiger partial charge in [0.25, 0.3) is 11.8 Å². The second-order valence-corrected chi connectivity index (χ2v) is 8.73. The largest absolute Gasteiger partial charge is 0.416 e. The molecule has 0 aliphatic heterocycles. The van der Waals surface area contributed by atoms with Gasteiger partial charge in [-0.25, -0.2) is 4.31 Å². The molecular weight excluding hydrogens is 439 g/mol. The highest BCUT2D eigenvalue weighted by atomic mass is 32.2. The number of hydrogen-bond acceptors (Lipinski definition) is 6. The first-order valence-corrected chi connectivity index (χ1v) is 10.0. The van der Waals surface area contributed by atoms with E-state index in [2.05, 4.69) is 15.5 Å². The topological polar surface area (TPSA) is 104 Å². The van der Waals surface area contributed by atoms with Gasteiger partial charge in [-0.05, 0) is 48.8 Å². The van der Waals surface area contributed by atoms with Crippen LogP contribution in [-0.4, -0.2) is 33.4 Å².